The van der Waals surface area contributed by atoms with Crippen LogP contribution in [0.3, 0.4) is 0 Å². The van der Waals surface area contributed by atoms with Crippen molar-refractivity contribution in [2.24, 2.45) is 0 Å². The topological polar surface area (TPSA) is 78.3 Å². The van der Waals surface area contributed by atoms with Crippen LogP contribution < -0.4 is 10.1 Å². The van der Waals surface area contributed by atoms with E-state index in [1.165, 1.54) is 7.11 Å². The molecule has 0 amide bonds. The highest BCUT2D eigenvalue weighted by Crippen LogP contribution is 2.50. The van der Waals surface area contributed by atoms with Crippen molar-refractivity contribution in [2.75, 3.05) is 12.4 Å². The molecule has 4 aromatic rings. The van der Waals surface area contributed by atoms with Crippen LogP contribution in [-0.4, -0.2) is 27.8 Å². The van der Waals surface area contributed by atoms with Crippen molar-refractivity contribution in [1.82, 2.24) is 14.8 Å². The molecule has 0 aliphatic carbocycles. The van der Waals surface area contributed by atoms with Gasteiger partial charge in [-0.2, -0.15) is 10.1 Å². The Balaban J connectivity index is 1.58. The molecule has 2 unspecified atom stereocenters. The van der Waals surface area contributed by atoms with Gasteiger partial charge in [0.05, 0.1) is 18.4 Å². The van der Waals surface area contributed by atoms with Gasteiger partial charge in [-0.15, -0.1) is 0 Å². The Morgan fingerprint density at radius 2 is 1.79 bits per heavy atom. The van der Waals surface area contributed by atoms with Gasteiger partial charge < -0.3 is 14.8 Å². The van der Waals surface area contributed by atoms with Crippen molar-refractivity contribution in [1.29, 1.82) is 0 Å². The SMILES string of the molecule is COC(=O)c1ccc(C2Oc3ccccc3C3=C2C(c2ccccc2C)n2ncnc2N3)cc1. The summed E-state index contributed by atoms with van der Waals surface area (Å²) in [4.78, 5) is 16.5. The summed E-state index contributed by atoms with van der Waals surface area (Å²) in [7, 11) is 1.38. The lowest BCUT2D eigenvalue weighted by Gasteiger charge is -2.39. The first-order chi connectivity index (χ1) is 16.7. The second-order valence-corrected chi connectivity index (χ2v) is 8.35. The lowest BCUT2D eigenvalue weighted by Crippen LogP contribution is -2.32. The minimum absolute atomic E-state index is 0.214. The number of ether oxygens (including phenoxy) is 2. The molecule has 34 heavy (non-hydrogen) atoms. The molecule has 0 spiro atoms. The van der Waals surface area contributed by atoms with Crippen LogP contribution in [0, 0.1) is 6.92 Å². The Kier molecular flexibility index (Phi) is 4.69. The number of aromatic nitrogens is 3. The number of nitrogens with zero attached hydrogens (tertiary/aromatic N) is 3. The zero-order valence-electron chi connectivity index (χ0n) is 18.7. The molecule has 0 saturated carbocycles. The predicted octanol–water partition coefficient (Wildman–Crippen LogP) is 4.93. The molecule has 7 heteroatoms. The molecule has 168 valence electrons. The summed E-state index contributed by atoms with van der Waals surface area (Å²) in [5, 5.41) is 8.08. The maximum Gasteiger partial charge on any atom is 0.337 e. The minimum Gasteiger partial charge on any atom is -0.480 e. The number of benzene rings is 3. The van der Waals surface area contributed by atoms with E-state index in [4.69, 9.17) is 9.47 Å². The quantitative estimate of drug-likeness (QED) is 0.446. The van der Waals surface area contributed by atoms with E-state index in [1.807, 2.05) is 47.1 Å². The van der Waals surface area contributed by atoms with Crippen LogP contribution in [0.25, 0.3) is 5.70 Å². The molecule has 1 N–H and O–H groups in total. The molecule has 0 bridgehead atoms. The van der Waals surface area contributed by atoms with E-state index in [2.05, 4.69) is 40.5 Å². The smallest absolute Gasteiger partial charge is 0.337 e. The summed E-state index contributed by atoms with van der Waals surface area (Å²) in [6.07, 6.45) is 1.17. The molecular formula is C27H22N4O3. The summed E-state index contributed by atoms with van der Waals surface area (Å²) in [5.74, 6) is 1.10. The summed E-state index contributed by atoms with van der Waals surface area (Å²) >= 11 is 0. The summed E-state index contributed by atoms with van der Waals surface area (Å²) in [6, 6.07) is 23.5. The standard InChI is InChI=1S/C27H22N4O3/c1-16-7-3-4-8-19(16)24-22-23(30-27-28-15-29-31(24)27)20-9-5-6-10-21(20)34-25(22)17-11-13-18(14-12-17)26(32)33-2/h3-15,24-25H,1-2H3,(H,28,29,30). The first-order valence-corrected chi connectivity index (χ1v) is 11.1. The predicted molar refractivity (Wildman–Crippen MR) is 127 cm³/mol. The zero-order chi connectivity index (χ0) is 23.2. The van der Waals surface area contributed by atoms with Crippen LogP contribution in [0.1, 0.15) is 44.8 Å². The zero-order valence-corrected chi connectivity index (χ0v) is 18.7. The number of rotatable bonds is 3. The molecule has 6 rings (SSSR count). The molecule has 7 nitrogen and oxygen atoms in total. The Morgan fingerprint density at radius 3 is 2.59 bits per heavy atom. The van der Waals surface area contributed by atoms with E-state index >= 15 is 0 Å². The van der Waals surface area contributed by atoms with Crippen molar-refractivity contribution in [3.05, 3.63) is 113 Å². The van der Waals surface area contributed by atoms with Crippen molar-refractivity contribution in [3.8, 4) is 5.75 Å². The van der Waals surface area contributed by atoms with Gasteiger partial charge in [0.15, 0.2) is 0 Å². The molecule has 2 aliphatic heterocycles. The lowest BCUT2D eigenvalue weighted by atomic mass is 9.83. The highest BCUT2D eigenvalue weighted by Gasteiger charge is 2.41. The van der Waals surface area contributed by atoms with Gasteiger partial charge in [0, 0.05) is 11.1 Å². The molecule has 3 heterocycles. The van der Waals surface area contributed by atoms with Gasteiger partial charge in [-0.05, 0) is 47.9 Å². The van der Waals surface area contributed by atoms with E-state index in [0.29, 0.717) is 11.5 Å². The van der Waals surface area contributed by atoms with E-state index in [-0.39, 0.29) is 12.0 Å². The number of carbonyl (C=O) groups excluding carboxylic acids is 1. The Bertz CT molecular complexity index is 1440. The molecule has 0 fully saturated rings. The fourth-order valence-corrected chi connectivity index (χ4v) is 4.80. The third-order valence-corrected chi connectivity index (χ3v) is 6.44. The Hall–Kier alpha value is -4.39. The highest BCUT2D eigenvalue weighted by molar-refractivity contribution is 5.89. The summed E-state index contributed by atoms with van der Waals surface area (Å²) in [6.45, 7) is 2.10. The number of nitrogens with one attached hydrogen (secondary N) is 1. The van der Waals surface area contributed by atoms with Gasteiger partial charge in [-0.3, -0.25) is 0 Å². The average molecular weight is 450 g/mol. The lowest BCUT2D eigenvalue weighted by molar-refractivity contribution is 0.0600. The normalized spacial score (nSPS) is 18.2. The number of anilines is 1. The summed E-state index contributed by atoms with van der Waals surface area (Å²) in [5.41, 5.74) is 6.69. The van der Waals surface area contributed by atoms with Crippen LogP contribution in [0.15, 0.2) is 84.7 Å². The second-order valence-electron chi connectivity index (χ2n) is 8.35. The second kappa shape index (κ2) is 7.88. The fourth-order valence-electron chi connectivity index (χ4n) is 4.80. The van der Waals surface area contributed by atoms with E-state index in [0.717, 1.165) is 39.3 Å². The molecule has 0 radical (unpaired) electrons. The van der Waals surface area contributed by atoms with Gasteiger partial charge in [0.1, 0.15) is 24.2 Å². The Labute approximate surface area is 196 Å². The maximum atomic E-state index is 12.0. The third-order valence-electron chi connectivity index (χ3n) is 6.44. The van der Waals surface area contributed by atoms with Crippen molar-refractivity contribution >= 4 is 17.6 Å². The first kappa shape index (κ1) is 20.2. The van der Waals surface area contributed by atoms with Crippen LogP contribution in [-0.2, 0) is 4.74 Å². The number of methoxy groups -OCH3 is 1. The number of aryl methyl sites for hydroxylation is 1. The highest BCUT2D eigenvalue weighted by atomic mass is 16.5. The van der Waals surface area contributed by atoms with Gasteiger partial charge in [0.25, 0.3) is 0 Å². The number of carbonyl (C=O) groups is 1. The monoisotopic (exact) mass is 450 g/mol. The first-order valence-electron chi connectivity index (χ1n) is 11.1. The van der Waals surface area contributed by atoms with Crippen LogP contribution >= 0.6 is 0 Å². The van der Waals surface area contributed by atoms with E-state index in [1.54, 1.807) is 18.5 Å². The van der Waals surface area contributed by atoms with Gasteiger partial charge in [0.2, 0.25) is 5.95 Å². The van der Waals surface area contributed by atoms with E-state index in [9.17, 15) is 4.79 Å². The minimum atomic E-state index is -0.397. The molecule has 2 aliphatic rings. The van der Waals surface area contributed by atoms with Gasteiger partial charge in [-0.1, -0.05) is 48.5 Å². The number of para-hydroxylation sites is 1. The maximum absolute atomic E-state index is 12.0. The molecule has 2 atom stereocenters. The largest absolute Gasteiger partial charge is 0.480 e. The molecular weight excluding hydrogens is 428 g/mol. The van der Waals surface area contributed by atoms with Crippen LogP contribution in [0.2, 0.25) is 0 Å². The molecule has 0 saturated heterocycles. The number of esters is 1. The van der Waals surface area contributed by atoms with Crippen LogP contribution in [0.4, 0.5) is 5.95 Å². The van der Waals surface area contributed by atoms with Crippen LogP contribution in [0.5, 0.6) is 5.75 Å². The van der Waals surface area contributed by atoms with Gasteiger partial charge in [-0.25, -0.2) is 9.48 Å². The van der Waals surface area contributed by atoms with E-state index < -0.39 is 6.10 Å². The number of hydrogen-bond acceptors (Lipinski definition) is 6. The van der Waals surface area contributed by atoms with Crippen molar-refractivity contribution in [2.45, 2.75) is 19.1 Å². The van der Waals surface area contributed by atoms with Gasteiger partial charge >= 0.3 is 5.97 Å². The number of fused-ring (bicyclic) bond motifs is 3. The third kappa shape index (κ3) is 3.08. The Morgan fingerprint density at radius 1 is 1.03 bits per heavy atom. The molecule has 1 aromatic heterocycles. The molecule has 3 aromatic carbocycles. The van der Waals surface area contributed by atoms with Crippen molar-refractivity contribution < 1.29 is 14.3 Å². The average Bonchev–Trinajstić information content (AvgIpc) is 3.35. The van der Waals surface area contributed by atoms with Crippen molar-refractivity contribution in [3.63, 3.8) is 0 Å². The number of hydrogen-bond donors (Lipinski definition) is 1. The fraction of sp³-hybridized carbons (Fsp3) is 0.148. The summed E-state index contributed by atoms with van der Waals surface area (Å²) < 4.78 is 13.4.